The van der Waals surface area contributed by atoms with Gasteiger partial charge in [0, 0.05) is 13.6 Å². The topological polar surface area (TPSA) is 32.7 Å². The molecule has 0 radical (unpaired) electrons. The van der Waals surface area contributed by atoms with E-state index in [1.54, 1.807) is 11.9 Å². The van der Waals surface area contributed by atoms with Crippen molar-refractivity contribution in [1.29, 1.82) is 0 Å². The van der Waals surface area contributed by atoms with E-state index in [1.165, 1.54) is 17.3 Å². The molecule has 3 nitrogen and oxygen atoms in total. The molecule has 1 aromatic carbocycles. The third-order valence-corrected chi connectivity index (χ3v) is 3.53. The molecule has 0 spiro atoms. The first-order chi connectivity index (χ1) is 7.77. The van der Waals surface area contributed by atoms with Gasteiger partial charge in [0.15, 0.2) is 5.17 Å². The zero-order valence-electron chi connectivity index (χ0n) is 9.22. The number of hydrogen-bond donors (Lipinski definition) is 0. The molecule has 0 atom stereocenters. The maximum Gasteiger partial charge on any atom is 0.238 e. The van der Waals surface area contributed by atoms with Crippen LogP contribution in [0.5, 0.6) is 0 Å². The molecular formula is C12H14N2OS. The van der Waals surface area contributed by atoms with Crippen molar-refractivity contribution in [2.45, 2.75) is 6.42 Å². The number of nitrogens with zero attached hydrogens (tertiary/aromatic N) is 2. The Kier molecular flexibility index (Phi) is 3.62. The molecule has 1 saturated heterocycles. The van der Waals surface area contributed by atoms with Gasteiger partial charge in [-0.25, -0.2) is 0 Å². The van der Waals surface area contributed by atoms with Gasteiger partial charge in [0.25, 0.3) is 0 Å². The molecule has 1 amide bonds. The average molecular weight is 234 g/mol. The standard InChI is InChI=1S/C12H14N2OS/c1-14-11(15)9-16-12(14)13-8-7-10-5-3-2-4-6-10/h2-6H,7-9H2,1H3. The Morgan fingerprint density at radius 3 is 2.75 bits per heavy atom. The van der Waals surface area contributed by atoms with Crippen LogP contribution in [0.4, 0.5) is 0 Å². The molecule has 0 aliphatic carbocycles. The predicted molar refractivity (Wildman–Crippen MR) is 67.7 cm³/mol. The Hall–Kier alpha value is -1.29. The molecule has 16 heavy (non-hydrogen) atoms. The van der Waals surface area contributed by atoms with Crippen LogP contribution in [0.15, 0.2) is 35.3 Å². The highest BCUT2D eigenvalue weighted by molar-refractivity contribution is 8.15. The van der Waals surface area contributed by atoms with E-state index in [0.717, 1.165) is 18.1 Å². The number of thioether (sulfide) groups is 1. The summed E-state index contributed by atoms with van der Waals surface area (Å²) >= 11 is 1.52. The molecule has 4 heteroatoms. The molecule has 2 rings (SSSR count). The molecule has 84 valence electrons. The highest BCUT2D eigenvalue weighted by Gasteiger charge is 2.23. The number of benzene rings is 1. The summed E-state index contributed by atoms with van der Waals surface area (Å²) in [6.07, 6.45) is 0.924. The molecule has 0 bridgehead atoms. The average Bonchev–Trinajstić information content (AvgIpc) is 2.62. The number of carbonyl (C=O) groups is 1. The van der Waals surface area contributed by atoms with E-state index < -0.39 is 0 Å². The van der Waals surface area contributed by atoms with Gasteiger partial charge in [0.1, 0.15) is 0 Å². The molecule has 1 aromatic rings. The van der Waals surface area contributed by atoms with Crippen LogP contribution in [0.3, 0.4) is 0 Å². The van der Waals surface area contributed by atoms with Gasteiger partial charge in [-0.1, -0.05) is 42.1 Å². The molecule has 0 N–H and O–H groups in total. The monoisotopic (exact) mass is 234 g/mol. The van der Waals surface area contributed by atoms with E-state index in [1.807, 2.05) is 18.2 Å². The largest absolute Gasteiger partial charge is 0.294 e. The van der Waals surface area contributed by atoms with Gasteiger partial charge in [0.05, 0.1) is 5.75 Å². The molecule has 1 heterocycles. The SMILES string of the molecule is CN1C(=O)CSC1=NCCc1ccccc1. The maximum absolute atomic E-state index is 11.2. The van der Waals surface area contributed by atoms with Gasteiger partial charge in [0.2, 0.25) is 5.91 Å². The van der Waals surface area contributed by atoms with Crippen molar-refractivity contribution < 1.29 is 4.79 Å². The summed E-state index contributed by atoms with van der Waals surface area (Å²) in [5, 5.41) is 0.848. The Morgan fingerprint density at radius 1 is 1.38 bits per heavy atom. The van der Waals surface area contributed by atoms with E-state index in [0.29, 0.717) is 5.75 Å². The smallest absolute Gasteiger partial charge is 0.238 e. The fourth-order valence-corrected chi connectivity index (χ4v) is 2.43. The summed E-state index contributed by atoms with van der Waals surface area (Å²) in [6, 6.07) is 10.3. The van der Waals surface area contributed by atoms with Crippen LogP contribution in [0.2, 0.25) is 0 Å². The van der Waals surface area contributed by atoms with Gasteiger partial charge in [-0.15, -0.1) is 0 Å². The number of rotatable bonds is 3. The summed E-state index contributed by atoms with van der Waals surface area (Å²) in [7, 11) is 1.78. The van der Waals surface area contributed by atoms with E-state index >= 15 is 0 Å². The Labute approximate surface area is 99.6 Å². The number of aliphatic imine (C=N–C) groups is 1. The zero-order valence-corrected chi connectivity index (χ0v) is 10.0. The molecule has 0 aromatic heterocycles. The van der Waals surface area contributed by atoms with Gasteiger partial charge in [-0.05, 0) is 12.0 Å². The lowest BCUT2D eigenvalue weighted by atomic mass is 10.2. The number of amides is 1. The van der Waals surface area contributed by atoms with Crippen molar-refractivity contribution >= 4 is 22.8 Å². The third-order valence-electron chi connectivity index (χ3n) is 2.48. The second kappa shape index (κ2) is 5.16. The van der Waals surface area contributed by atoms with Crippen molar-refractivity contribution in [3.05, 3.63) is 35.9 Å². The van der Waals surface area contributed by atoms with Crippen LogP contribution in [0, 0.1) is 0 Å². The normalized spacial score (nSPS) is 18.4. The summed E-state index contributed by atoms with van der Waals surface area (Å²) in [5.41, 5.74) is 1.28. The summed E-state index contributed by atoms with van der Waals surface area (Å²) in [6.45, 7) is 0.740. The van der Waals surface area contributed by atoms with Crippen molar-refractivity contribution in [3.8, 4) is 0 Å². The minimum atomic E-state index is 0.142. The first kappa shape index (κ1) is 11.2. The molecule has 0 saturated carbocycles. The lowest BCUT2D eigenvalue weighted by Gasteiger charge is -2.07. The van der Waals surface area contributed by atoms with Crippen molar-refractivity contribution in [2.24, 2.45) is 4.99 Å². The first-order valence-corrected chi connectivity index (χ1v) is 6.23. The highest BCUT2D eigenvalue weighted by Crippen LogP contribution is 2.17. The van der Waals surface area contributed by atoms with Crippen LogP contribution in [-0.2, 0) is 11.2 Å². The maximum atomic E-state index is 11.2. The first-order valence-electron chi connectivity index (χ1n) is 5.25. The minimum absolute atomic E-state index is 0.142. The van der Waals surface area contributed by atoms with Crippen LogP contribution in [0.25, 0.3) is 0 Å². The molecule has 1 fully saturated rings. The molecule has 1 aliphatic rings. The van der Waals surface area contributed by atoms with E-state index in [9.17, 15) is 4.79 Å². The highest BCUT2D eigenvalue weighted by atomic mass is 32.2. The summed E-state index contributed by atoms with van der Waals surface area (Å²) in [4.78, 5) is 17.3. The minimum Gasteiger partial charge on any atom is -0.294 e. The lowest BCUT2D eigenvalue weighted by molar-refractivity contribution is -0.123. The van der Waals surface area contributed by atoms with Gasteiger partial charge >= 0.3 is 0 Å². The van der Waals surface area contributed by atoms with Crippen molar-refractivity contribution in [2.75, 3.05) is 19.3 Å². The summed E-state index contributed by atoms with van der Waals surface area (Å²) in [5.74, 6) is 0.671. The van der Waals surface area contributed by atoms with Gasteiger partial charge < -0.3 is 0 Å². The number of amidine groups is 1. The van der Waals surface area contributed by atoms with Crippen LogP contribution >= 0.6 is 11.8 Å². The van der Waals surface area contributed by atoms with E-state index in [4.69, 9.17) is 0 Å². The Balaban J connectivity index is 1.88. The number of hydrogen-bond acceptors (Lipinski definition) is 3. The second-order valence-electron chi connectivity index (χ2n) is 3.64. The Bertz CT molecular complexity index is 403. The predicted octanol–water partition coefficient (Wildman–Crippen LogP) is 1.79. The number of carbonyl (C=O) groups excluding carboxylic acids is 1. The zero-order chi connectivity index (χ0) is 11.4. The van der Waals surface area contributed by atoms with Crippen molar-refractivity contribution in [1.82, 2.24) is 4.90 Å². The molecular weight excluding hydrogens is 220 g/mol. The lowest BCUT2D eigenvalue weighted by Crippen LogP contribution is -2.24. The third kappa shape index (κ3) is 2.64. The van der Waals surface area contributed by atoms with Crippen LogP contribution in [-0.4, -0.2) is 35.3 Å². The quantitative estimate of drug-likeness (QED) is 0.798. The van der Waals surface area contributed by atoms with Crippen LogP contribution < -0.4 is 0 Å². The van der Waals surface area contributed by atoms with Gasteiger partial charge in [-0.2, -0.15) is 0 Å². The van der Waals surface area contributed by atoms with Crippen molar-refractivity contribution in [3.63, 3.8) is 0 Å². The molecule has 1 aliphatic heterocycles. The van der Waals surface area contributed by atoms with E-state index in [-0.39, 0.29) is 5.91 Å². The van der Waals surface area contributed by atoms with Crippen LogP contribution in [0.1, 0.15) is 5.56 Å². The summed E-state index contributed by atoms with van der Waals surface area (Å²) < 4.78 is 0. The van der Waals surface area contributed by atoms with Gasteiger partial charge in [-0.3, -0.25) is 14.7 Å². The second-order valence-corrected chi connectivity index (χ2v) is 4.58. The Morgan fingerprint density at radius 2 is 2.12 bits per heavy atom. The fraction of sp³-hybridized carbons (Fsp3) is 0.333. The van der Waals surface area contributed by atoms with E-state index in [2.05, 4.69) is 17.1 Å². The molecule has 0 unspecified atom stereocenters. The fourth-order valence-electron chi connectivity index (χ4n) is 1.50.